The van der Waals surface area contributed by atoms with Crippen LogP contribution >= 0.6 is 0 Å². The van der Waals surface area contributed by atoms with E-state index >= 15 is 0 Å². The zero-order valence-corrected chi connectivity index (χ0v) is 19.6. The number of hydrogen-bond donors (Lipinski definition) is 1. The molecule has 5 nitrogen and oxygen atoms in total. The fraction of sp³-hybridized carbons (Fsp3) is 0.370. The van der Waals surface area contributed by atoms with Crippen LogP contribution in [-0.2, 0) is 17.8 Å². The Bertz CT molecular complexity index is 1120. The van der Waals surface area contributed by atoms with Crippen LogP contribution in [0.3, 0.4) is 0 Å². The molecule has 1 aliphatic rings. The topological polar surface area (TPSA) is 58.1 Å². The van der Waals surface area contributed by atoms with Gasteiger partial charge < -0.3 is 5.32 Å². The number of anilines is 1. The van der Waals surface area contributed by atoms with E-state index in [1.807, 2.05) is 13.8 Å². The second-order valence-corrected chi connectivity index (χ2v) is 9.00. The van der Waals surface area contributed by atoms with Crippen molar-refractivity contribution in [2.45, 2.75) is 52.5 Å². The zero-order chi connectivity index (χ0) is 23.4. The lowest BCUT2D eigenvalue weighted by Gasteiger charge is -2.32. The van der Waals surface area contributed by atoms with Crippen molar-refractivity contribution in [3.05, 3.63) is 88.3 Å². The molecule has 6 heteroatoms. The molecule has 1 fully saturated rings. The highest BCUT2D eigenvalue weighted by atomic mass is 19.1. The van der Waals surface area contributed by atoms with E-state index in [0.29, 0.717) is 0 Å². The maximum absolute atomic E-state index is 13.9. The molecule has 1 aliphatic heterocycles. The lowest BCUT2D eigenvalue weighted by Crippen LogP contribution is -2.34. The van der Waals surface area contributed by atoms with Crippen LogP contribution in [0.15, 0.2) is 48.5 Å². The van der Waals surface area contributed by atoms with Gasteiger partial charge in [-0.3, -0.25) is 9.69 Å². The molecule has 1 N–H and O–H groups in total. The van der Waals surface area contributed by atoms with Crippen molar-refractivity contribution in [3.8, 4) is 0 Å². The van der Waals surface area contributed by atoms with Crippen molar-refractivity contribution in [1.82, 2.24) is 14.9 Å². The number of para-hydroxylation sites is 1. The van der Waals surface area contributed by atoms with E-state index in [1.165, 1.54) is 17.2 Å². The average Bonchev–Trinajstić information content (AvgIpc) is 2.78. The number of nitrogens with zero attached hydrogens (tertiary/aromatic N) is 3. The summed E-state index contributed by atoms with van der Waals surface area (Å²) in [6.45, 7) is 8.93. The molecule has 0 radical (unpaired) electrons. The van der Waals surface area contributed by atoms with Gasteiger partial charge >= 0.3 is 0 Å². The molecule has 0 unspecified atom stereocenters. The number of rotatable bonds is 6. The number of amides is 1. The number of likely N-dealkylation sites (tertiary alicyclic amines) is 1. The van der Waals surface area contributed by atoms with E-state index in [-0.39, 0.29) is 23.9 Å². The van der Waals surface area contributed by atoms with Crippen LogP contribution in [0.4, 0.5) is 10.1 Å². The molecule has 3 aromatic rings. The summed E-state index contributed by atoms with van der Waals surface area (Å²) in [6, 6.07) is 14.8. The third-order valence-corrected chi connectivity index (χ3v) is 6.28. The molecule has 0 aliphatic carbocycles. The monoisotopic (exact) mass is 446 g/mol. The van der Waals surface area contributed by atoms with Crippen LogP contribution in [0, 0.1) is 26.6 Å². The van der Waals surface area contributed by atoms with Crippen LogP contribution in [0.5, 0.6) is 0 Å². The predicted molar refractivity (Wildman–Crippen MR) is 129 cm³/mol. The van der Waals surface area contributed by atoms with Gasteiger partial charge in [-0.25, -0.2) is 14.4 Å². The quantitative estimate of drug-likeness (QED) is 0.572. The van der Waals surface area contributed by atoms with Crippen molar-refractivity contribution < 1.29 is 9.18 Å². The molecule has 0 spiro atoms. The molecule has 1 atom stereocenters. The predicted octanol–water partition coefficient (Wildman–Crippen LogP) is 5.10. The lowest BCUT2D eigenvalue weighted by atomic mass is 9.95. The Labute approximate surface area is 195 Å². The summed E-state index contributed by atoms with van der Waals surface area (Å²) in [5.74, 6) is 0.419. The maximum atomic E-state index is 13.9. The highest BCUT2D eigenvalue weighted by Gasteiger charge is 2.25. The first-order valence-electron chi connectivity index (χ1n) is 11.6. The molecule has 0 bridgehead atoms. The summed E-state index contributed by atoms with van der Waals surface area (Å²) in [5, 5.41) is 2.65. The number of aryl methyl sites for hydroxylation is 3. The van der Waals surface area contributed by atoms with Gasteiger partial charge in [-0.2, -0.15) is 0 Å². The second kappa shape index (κ2) is 10.2. The van der Waals surface area contributed by atoms with Gasteiger partial charge in [-0.05, 0) is 57.9 Å². The van der Waals surface area contributed by atoms with Gasteiger partial charge in [-0.15, -0.1) is 0 Å². The van der Waals surface area contributed by atoms with E-state index in [1.54, 1.807) is 18.2 Å². The molecule has 1 amide bonds. The number of carbonyl (C=O) groups is 1. The Kier molecular flexibility index (Phi) is 7.14. The maximum Gasteiger partial charge on any atom is 0.229 e. The number of carbonyl (C=O) groups excluding carboxylic acids is 1. The summed E-state index contributed by atoms with van der Waals surface area (Å²) < 4.78 is 13.9. The Morgan fingerprint density at radius 3 is 2.58 bits per heavy atom. The van der Waals surface area contributed by atoms with Crippen molar-refractivity contribution in [2.24, 2.45) is 0 Å². The number of hydrogen-bond acceptors (Lipinski definition) is 4. The van der Waals surface area contributed by atoms with E-state index < -0.39 is 5.82 Å². The average molecular weight is 447 g/mol. The highest BCUT2D eigenvalue weighted by molar-refractivity contribution is 5.92. The summed E-state index contributed by atoms with van der Waals surface area (Å²) in [7, 11) is 0. The molecule has 33 heavy (non-hydrogen) atoms. The molecule has 172 valence electrons. The highest BCUT2D eigenvalue weighted by Crippen LogP contribution is 2.27. The third-order valence-electron chi connectivity index (χ3n) is 6.28. The summed E-state index contributed by atoms with van der Waals surface area (Å²) in [6.07, 6.45) is 2.30. The summed E-state index contributed by atoms with van der Waals surface area (Å²) >= 11 is 0. The van der Waals surface area contributed by atoms with Gasteiger partial charge in [0.25, 0.3) is 0 Å². The Morgan fingerprint density at radius 2 is 1.85 bits per heavy atom. The Morgan fingerprint density at radius 1 is 1.09 bits per heavy atom. The Balaban J connectivity index is 1.44. The molecule has 1 aromatic heterocycles. The van der Waals surface area contributed by atoms with Crippen LogP contribution < -0.4 is 5.32 Å². The SMILES string of the molecule is Cc1cccc(CN2CCC[C@H](c3nc(C)c(CC(=O)Nc4ccccc4F)c(C)n3)C2)c1. The molecule has 1 saturated heterocycles. The number of piperidine rings is 1. The number of halogens is 1. The minimum absolute atomic E-state index is 0.121. The number of aromatic nitrogens is 2. The normalized spacial score (nSPS) is 16.5. The van der Waals surface area contributed by atoms with Crippen molar-refractivity contribution >= 4 is 11.6 Å². The fourth-order valence-electron chi connectivity index (χ4n) is 4.60. The zero-order valence-electron chi connectivity index (χ0n) is 19.6. The fourth-order valence-corrected chi connectivity index (χ4v) is 4.60. The van der Waals surface area contributed by atoms with Crippen molar-refractivity contribution in [3.63, 3.8) is 0 Å². The van der Waals surface area contributed by atoms with Gasteiger partial charge in [0.1, 0.15) is 11.6 Å². The first kappa shape index (κ1) is 23.1. The van der Waals surface area contributed by atoms with Gasteiger partial charge in [0.15, 0.2) is 0 Å². The van der Waals surface area contributed by atoms with Crippen LogP contribution in [-0.4, -0.2) is 33.9 Å². The van der Waals surface area contributed by atoms with E-state index in [2.05, 4.69) is 41.4 Å². The number of benzene rings is 2. The minimum atomic E-state index is -0.446. The van der Waals surface area contributed by atoms with Crippen LogP contribution in [0.25, 0.3) is 0 Å². The van der Waals surface area contributed by atoms with E-state index in [9.17, 15) is 9.18 Å². The minimum Gasteiger partial charge on any atom is -0.323 e. The van der Waals surface area contributed by atoms with Crippen LogP contribution in [0.2, 0.25) is 0 Å². The molecule has 2 heterocycles. The van der Waals surface area contributed by atoms with Crippen molar-refractivity contribution in [1.29, 1.82) is 0 Å². The largest absolute Gasteiger partial charge is 0.323 e. The van der Waals surface area contributed by atoms with E-state index in [0.717, 1.165) is 55.3 Å². The molecule has 4 rings (SSSR count). The second-order valence-electron chi connectivity index (χ2n) is 9.00. The first-order chi connectivity index (χ1) is 15.9. The molecular formula is C27H31FN4O. The van der Waals surface area contributed by atoms with Crippen LogP contribution in [0.1, 0.15) is 52.7 Å². The smallest absolute Gasteiger partial charge is 0.229 e. The summed E-state index contributed by atoms with van der Waals surface area (Å²) in [4.78, 5) is 24.6. The Hall–Kier alpha value is -3.12. The van der Waals surface area contributed by atoms with Gasteiger partial charge in [-0.1, -0.05) is 42.0 Å². The molecule has 0 saturated carbocycles. The van der Waals surface area contributed by atoms with Gasteiger partial charge in [0.2, 0.25) is 5.91 Å². The summed E-state index contributed by atoms with van der Waals surface area (Å²) in [5.41, 5.74) is 5.24. The van der Waals surface area contributed by atoms with Gasteiger partial charge in [0.05, 0.1) is 12.1 Å². The lowest BCUT2D eigenvalue weighted by molar-refractivity contribution is -0.115. The number of nitrogens with one attached hydrogen (secondary N) is 1. The molecular weight excluding hydrogens is 415 g/mol. The molecule has 2 aromatic carbocycles. The van der Waals surface area contributed by atoms with Gasteiger partial charge in [0, 0.05) is 36.0 Å². The third kappa shape index (κ3) is 5.82. The standard InChI is InChI=1S/C27H31FN4O/c1-18-8-6-9-21(14-18)16-32-13-7-10-22(17-32)27-29-19(2)23(20(3)30-27)15-26(33)31-25-12-5-4-11-24(25)28/h4-6,8-9,11-12,14,22H,7,10,13,15-17H2,1-3H3,(H,31,33)/t22-/m0/s1. The first-order valence-corrected chi connectivity index (χ1v) is 11.6. The van der Waals surface area contributed by atoms with E-state index in [4.69, 9.17) is 9.97 Å². The van der Waals surface area contributed by atoms with Crippen molar-refractivity contribution in [2.75, 3.05) is 18.4 Å².